The molecule has 0 bridgehead atoms. The van der Waals surface area contributed by atoms with E-state index >= 15 is 0 Å². The largest absolute Gasteiger partial charge is 0.291 e. The highest BCUT2D eigenvalue weighted by Gasteiger charge is 2.30. The Morgan fingerprint density at radius 1 is 0.629 bits per heavy atom. The van der Waals surface area contributed by atoms with E-state index in [-0.39, 0.29) is 0 Å². The molecule has 0 N–H and O–H groups in total. The van der Waals surface area contributed by atoms with Crippen LogP contribution in [0.1, 0.15) is 22.3 Å². The van der Waals surface area contributed by atoms with Crippen LogP contribution in [0.2, 0.25) is 0 Å². The summed E-state index contributed by atoms with van der Waals surface area (Å²) >= 11 is 0. The van der Waals surface area contributed by atoms with Crippen molar-refractivity contribution in [1.29, 1.82) is 0 Å². The van der Waals surface area contributed by atoms with Gasteiger partial charge in [-0.1, -0.05) is 48.5 Å². The third-order valence-electron chi connectivity index (χ3n) is 8.00. The molecule has 0 saturated heterocycles. The first-order valence-corrected chi connectivity index (χ1v) is 12.0. The Kier molecular flexibility index (Phi) is 3.11. The Balaban J connectivity index is 1.47. The molecule has 7 aromatic rings. The molecular formula is C31H18N4. The average Bonchev–Trinajstić information content (AvgIpc) is 3.59. The third kappa shape index (κ3) is 2.11. The Morgan fingerprint density at radius 3 is 2.43 bits per heavy atom. The van der Waals surface area contributed by atoms with Gasteiger partial charge < -0.3 is 0 Å². The zero-order valence-electron chi connectivity index (χ0n) is 18.8. The number of hydrogen-bond acceptors (Lipinski definition) is 3. The number of pyridine rings is 3. The maximum absolute atomic E-state index is 5.04. The molecule has 3 aromatic carbocycles. The topological polar surface area (TPSA) is 43.1 Å². The molecular weight excluding hydrogens is 428 g/mol. The minimum Gasteiger partial charge on any atom is -0.291 e. The summed E-state index contributed by atoms with van der Waals surface area (Å²) in [4.78, 5) is 13.9. The molecule has 0 aliphatic heterocycles. The van der Waals surface area contributed by atoms with Crippen LogP contribution in [0.25, 0.3) is 60.6 Å². The molecule has 2 aliphatic rings. The van der Waals surface area contributed by atoms with Crippen LogP contribution < -0.4 is 0 Å². The van der Waals surface area contributed by atoms with Gasteiger partial charge in [-0.2, -0.15) is 0 Å². The summed E-state index contributed by atoms with van der Waals surface area (Å²) in [7, 11) is 0. The first-order valence-electron chi connectivity index (χ1n) is 12.0. The fraction of sp³-hybridized carbons (Fsp3) is 0.0645. The van der Waals surface area contributed by atoms with E-state index in [0.717, 1.165) is 45.8 Å². The van der Waals surface area contributed by atoms with Crippen molar-refractivity contribution in [3.05, 3.63) is 108 Å². The minimum atomic E-state index is 0.911. The van der Waals surface area contributed by atoms with Gasteiger partial charge in [0.1, 0.15) is 11.2 Å². The van der Waals surface area contributed by atoms with Crippen LogP contribution in [0.5, 0.6) is 0 Å². The second-order valence-electron chi connectivity index (χ2n) is 9.69. The summed E-state index contributed by atoms with van der Waals surface area (Å²) < 4.78 is 2.26. The molecule has 0 spiro atoms. The summed E-state index contributed by atoms with van der Waals surface area (Å²) in [6.45, 7) is 0. The molecule has 162 valence electrons. The molecule has 4 nitrogen and oxygen atoms in total. The Hall–Kier alpha value is -4.57. The second kappa shape index (κ2) is 6.10. The maximum Gasteiger partial charge on any atom is 0.146 e. The molecule has 4 heterocycles. The zero-order chi connectivity index (χ0) is 22.7. The smallest absolute Gasteiger partial charge is 0.146 e. The highest BCUT2D eigenvalue weighted by molar-refractivity contribution is 6.20. The van der Waals surface area contributed by atoms with Gasteiger partial charge in [0.05, 0.1) is 17.2 Å². The fourth-order valence-electron chi connectivity index (χ4n) is 6.61. The zero-order valence-corrected chi connectivity index (χ0v) is 18.8. The maximum atomic E-state index is 5.04. The predicted molar refractivity (Wildman–Crippen MR) is 140 cm³/mol. The standard InChI is InChI=1S/C31H18N4/c1-2-4-20-17(3-1)13-18-5-7-21-23(28(18)20)14-19-6-8-22-30(29(19)21)24-15-32-11-9-26(24)35-27-10-12-33-16-25(27)34-31(22)35/h1-12,15-16H,13-14H2. The summed E-state index contributed by atoms with van der Waals surface area (Å²) in [6.07, 6.45) is 9.58. The van der Waals surface area contributed by atoms with Gasteiger partial charge in [-0.25, -0.2) is 4.98 Å². The van der Waals surface area contributed by atoms with E-state index in [0.29, 0.717) is 0 Å². The van der Waals surface area contributed by atoms with E-state index in [9.17, 15) is 0 Å². The van der Waals surface area contributed by atoms with Gasteiger partial charge in [-0.15, -0.1) is 0 Å². The van der Waals surface area contributed by atoms with E-state index in [1.807, 2.05) is 30.9 Å². The van der Waals surface area contributed by atoms with E-state index in [1.165, 1.54) is 49.9 Å². The first kappa shape index (κ1) is 17.8. The molecule has 0 amide bonds. The normalized spacial score (nSPS) is 13.5. The lowest BCUT2D eigenvalue weighted by molar-refractivity contribution is 1.23. The number of benzene rings is 3. The second-order valence-corrected chi connectivity index (χ2v) is 9.69. The fourth-order valence-corrected chi connectivity index (χ4v) is 6.61. The molecule has 9 rings (SSSR count). The van der Waals surface area contributed by atoms with Crippen molar-refractivity contribution in [3.8, 4) is 22.3 Å². The number of rotatable bonds is 0. The van der Waals surface area contributed by atoms with Crippen LogP contribution in [-0.4, -0.2) is 19.4 Å². The van der Waals surface area contributed by atoms with E-state index in [2.05, 4.69) is 69.0 Å². The molecule has 2 aliphatic carbocycles. The minimum absolute atomic E-state index is 0.911. The number of hydrogen-bond donors (Lipinski definition) is 0. The Labute approximate surface area is 200 Å². The monoisotopic (exact) mass is 446 g/mol. The average molecular weight is 447 g/mol. The van der Waals surface area contributed by atoms with Crippen molar-refractivity contribution in [3.63, 3.8) is 0 Å². The van der Waals surface area contributed by atoms with Crippen LogP contribution in [0.3, 0.4) is 0 Å². The summed E-state index contributed by atoms with van der Waals surface area (Å²) in [5, 5.41) is 3.58. The summed E-state index contributed by atoms with van der Waals surface area (Å²) in [5.74, 6) is 0. The number of nitrogens with zero attached hydrogens (tertiary/aromatic N) is 4. The van der Waals surface area contributed by atoms with Crippen molar-refractivity contribution in [2.24, 2.45) is 0 Å². The summed E-state index contributed by atoms with van der Waals surface area (Å²) in [6, 6.07) is 22.3. The van der Waals surface area contributed by atoms with E-state index < -0.39 is 0 Å². The molecule has 0 unspecified atom stereocenters. The van der Waals surface area contributed by atoms with Crippen molar-refractivity contribution in [2.45, 2.75) is 12.8 Å². The lowest BCUT2D eigenvalue weighted by Crippen LogP contribution is -1.94. The van der Waals surface area contributed by atoms with Crippen LogP contribution in [0.4, 0.5) is 0 Å². The molecule has 0 radical (unpaired) electrons. The van der Waals surface area contributed by atoms with Gasteiger partial charge in [0.25, 0.3) is 0 Å². The van der Waals surface area contributed by atoms with Gasteiger partial charge in [-0.05, 0) is 69.5 Å². The van der Waals surface area contributed by atoms with Gasteiger partial charge in [0.2, 0.25) is 0 Å². The van der Waals surface area contributed by atoms with Crippen LogP contribution in [0.15, 0.2) is 85.5 Å². The van der Waals surface area contributed by atoms with Crippen molar-refractivity contribution in [1.82, 2.24) is 19.4 Å². The van der Waals surface area contributed by atoms with Crippen LogP contribution >= 0.6 is 0 Å². The molecule has 35 heavy (non-hydrogen) atoms. The first-order chi connectivity index (χ1) is 17.4. The van der Waals surface area contributed by atoms with Crippen LogP contribution in [-0.2, 0) is 12.8 Å². The lowest BCUT2D eigenvalue weighted by atomic mass is 9.93. The Bertz CT molecular complexity index is 2070. The third-order valence-corrected chi connectivity index (χ3v) is 8.00. The quantitative estimate of drug-likeness (QED) is 0.243. The van der Waals surface area contributed by atoms with E-state index in [1.54, 1.807) is 0 Å². The van der Waals surface area contributed by atoms with Crippen molar-refractivity contribution < 1.29 is 0 Å². The summed E-state index contributed by atoms with van der Waals surface area (Å²) in [5.41, 5.74) is 15.4. The number of fused-ring (bicyclic) bond motifs is 16. The molecule has 0 saturated carbocycles. The van der Waals surface area contributed by atoms with Gasteiger partial charge in [-0.3, -0.25) is 14.4 Å². The molecule has 0 fully saturated rings. The van der Waals surface area contributed by atoms with Crippen LogP contribution in [0, 0.1) is 0 Å². The van der Waals surface area contributed by atoms with Gasteiger partial charge >= 0.3 is 0 Å². The molecule has 4 heteroatoms. The molecule has 0 atom stereocenters. The number of imidazole rings is 1. The number of aromatic nitrogens is 4. The Morgan fingerprint density at radius 2 is 1.46 bits per heavy atom. The predicted octanol–water partition coefficient (Wildman–Crippen LogP) is 6.73. The SMILES string of the molecule is c1ccc2c(c1)Cc1ccc3c(c1-2)Cc1ccc2c(c1-3)c1cnccc1n1c3ccncc3nc21. The lowest BCUT2D eigenvalue weighted by Gasteiger charge is -2.13. The van der Waals surface area contributed by atoms with E-state index in [4.69, 9.17) is 4.98 Å². The van der Waals surface area contributed by atoms with Crippen molar-refractivity contribution in [2.75, 3.05) is 0 Å². The van der Waals surface area contributed by atoms with Gasteiger partial charge in [0.15, 0.2) is 0 Å². The van der Waals surface area contributed by atoms with Crippen molar-refractivity contribution >= 4 is 38.4 Å². The highest BCUT2D eigenvalue weighted by Crippen LogP contribution is 2.50. The highest BCUT2D eigenvalue weighted by atomic mass is 15.0. The molecule has 4 aromatic heterocycles. The van der Waals surface area contributed by atoms with Gasteiger partial charge in [0, 0.05) is 34.7 Å².